The van der Waals surface area contributed by atoms with Crippen molar-refractivity contribution < 1.29 is 21.9 Å². The minimum Gasteiger partial charge on any atom is -1.00 e. The third-order valence-corrected chi connectivity index (χ3v) is 25.5. The van der Waals surface area contributed by atoms with Crippen LogP contribution >= 0.6 is 33.5 Å². The third-order valence-electron chi connectivity index (χ3n) is 16.4. The van der Waals surface area contributed by atoms with Crippen LogP contribution < -0.4 is 47.7 Å². The zero-order chi connectivity index (χ0) is 57.8. The van der Waals surface area contributed by atoms with Crippen LogP contribution in [0.5, 0.6) is 0 Å². The number of rotatable bonds is 9. The average Bonchev–Trinajstić information content (AvgIpc) is 3.59. The van der Waals surface area contributed by atoms with Crippen LogP contribution in [0.25, 0.3) is 0 Å². The summed E-state index contributed by atoms with van der Waals surface area (Å²) in [7, 11) is 3.18. The molecule has 6 heteroatoms. The van der Waals surface area contributed by atoms with Crippen LogP contribution in [0.4, 0.5) is 0 Å². The van der Waals surface area contributed by atoms with Crippen LogP contribution in [0.15, 0.2) is 164 Å². The second-order valence-corrected chi connectivity index (χ2v) is 28.9. The fourth-order valence-corrected chi connectivity index (χ4v) is 19.0. The van der Waals surface area contributed by atoms with E-state index < -0.39 is 39.4 Å². The van der Waals surface area contributed by atoms with E-state index in [4.69, 9.17) is 14.5 Å². The molecule has 79 heavy (non-hydrogen) atoms. The van der Waals surface area contributed by atoms with E-state index in [-0.39, 0.29) is 1.43 Å². The molecule has 0 radical (unpaired) electrons. The minimum absolute atomic E-state index is 0. The van der Waals surface area contributed by atoms with Crippen molar-refractivity contribution in [3.63, 3.8) is 0 Å². The smallest absolute Gasteiger partial charge is 1.00 e. The Kier molecular flexibility index (Phi) is 23.1. The molecule has 0 amide bonds. The maximum Gasteiger partial charge on any atom is -1.00 e. The van der Waals surface area contributed by atoms with Crippen molar-refractivity contribution in [2.75, 3.05) is 0 Å². The van der Waals surface area contributed by atoms with Crippen molar-refractivity contribution >= 4 is 85.7 Å². The molecular weight excluding hydrogens is 1120 g/mol. The molecule has 0 aliphatic heterocycles. The zero-order valence-corrected chi connectivity index (χ0v) is 55.2. The molecule has 1 nitrogen and oxygen atoms in total. The summed E-state index contributed by atoms with van der Waals surface area (Å²) < 4.78 is 1.54. The van der Waals surface area contributed by atoms with E-state index in [0.717, 1.165) is 0 Å². The molecule has 0 saturated heterocycles. The Morgan fingerprint density at radius 3 is 0.443 bits per heavy atom. The maximum atomic E-state index is 8.96. The average molecular weight is 1200 g/mol. The van der Waals surface area contributed by atoms with Crippen molar-refractivity contribution in [3.05, 3.63) is 264 Å². The Labute approximate surface area is 492 Å². The minimum atomic E-state index is -0.594. The van der Waals surface area contributed by atoms with Crippen LogP contribution in [0.3, 0.4) is 0 Å². The first-order valence-corrected chi connectivity index (χ1v) is 34.4. The molecule has 410 valence electrons. The van der Waals surface area contributed by atoms with Crippen LogP contribution in [-0.2, 0) is 20.5 Å². The molecule has 0 bridgehead atoms. The number of carbonyl (C=O) groups excluding carboxylic acids is 1. The molecule has 0 N–H and O–H groups in total. The van der Waals surface area contributed by atoms with Gasteiger partial charge in [0.2, 0.25) is 0 Å². The van der Waals surface area contributed by atoms with Crippen molar-refractivity contribution in [1.82, 2.24) is 0 Å². The molecule has 0 aliphatic carbocycles. The molecule has 0 fully saturated rings. The van der Waals surface area contributed by atoms with Gasteiger partial charge in [-0.1, -0.05) is 164 Å². The first kappa shape index (κ1) is 63.0. The molecule has 0 atom stereocenters. The van der Waals surface area contributed by atoms with E-state index in [0.29, 0.717) is 0 Å². The van der Waals surface area contributed by atoms with Crippen LogP contribution in [0.2, 0.25) is 0 Å². The molecule has 9 aromatic rings. The van der Waals surface area contributed by atoms with Crippen molar-refractivity contribution in [3.8, 4) is 0 Å². The first-order chi connectivity index (χ1) is 37.7. The molecule has 0 aromatic heterocycles. The van der Waals surface area contributed by atoms with Gasteiger partial charge in [0.25, 0.3) is 0 Å². The summed E-state index contributed by atoms with van der Waals surface area (Å²) in [6, 6.07) is 60.9. The van der Waals surface area contributed by atoms with Crippen LogP contribution in [0, 0.1) is 125 Å². The second kappa shape index (κ2) is 29.0. The number of halogens is 1. The molecule has 9 rings (SSSR count). The van der Waals surface area contributed by atoms with Gasteiger partial charge < -0.3 is 1.43 Å². The summed E-state index contributed by atoms with van der Waals surface area (Å²) in [5.74, 6) is 0. The standard InChI is InChI=1S/3C24H27P.CO.ClH.Ru.H/c3*1-16-10-7-13-22(19(16)4)25(23-14-8-11-17(2)20(23)5)24-15-9-12-18(3)21(24)6;1-2;;;/h3*7-15H,1-6H3;;1H;;/q;;;;;+2;-1/p-1. The fraction of sp³-hybridized carbons (Fsp3) is 0.247. The van der Waals surface area contributed by atoms with Gasteiger partial charge in [0, 0.05) is 0 Å². The fourth-order valence-electron chi connectivity index (χ4n) is 9.97. The van der Waals surface area contributed by atoms with Gasteiger partial charge in [0.15, 0.2) is 0 Å². The predicted octanol–water partition coefficient (Wildman–Crippen LogP) is 16.3. The topological polar surface area (TPSA) is 17.1 Å². The first-order valence-electron chi connectivity index (χ1n) is 27.2. The SMILES string of the molecule is Cc1cccc(P(c2cccc(C)c2C)c2cccc(C)c2C)c1C.Cc1cccc(P(c2cccc(C)c2C)c2cccc(C)c2C)c1C.Cc1cccc(P(c2cccc(C)c2C)c2cccc(C)c2C)c1C.O=[C]=[Ru+][Cl].[H-]. The monoisotopic (exact) mass is 1200 g/mol. The molecule has 9 aromatic carbocycles. The van der Waals surface area contributed by atoms with E-state index in [1.54, 1.807) is 0 Å². The van der Waals surface area contributed by atoms with Gasteiger partial charge >= 0.3 is 34.6 Å². The summed E-state index contributed by atoms with van der Waals surface area (Å²) in [5, 5.41) is 13.4. The Hall–Kier alpha value is -5.24. The largest absolute Gasteiger partial charge is 1.00 e. The number of hydrogen-bond acceptors (Lipinski definition) is 1. The molecule has 0 aliphatic rings. The van der Waals surface area contributed by atoms with E-state index in [9.17, 15) is 0 Å². The van der Waals surface area contributed by atoms with Gasteiger partial charge in [0.05, 0.1) is 0 Å². The molecule has 0 spiro atoms. The molecule has 0 unspecified atom stereocenters. The van der Waals surface area contributed by atoms with E-state index >= 15 is 0 Å². The molecular formula is C73H82ClOP3Ru. The summed E-state index contributed by atoms with van der Waals surface area (Å²) in [6.07, 6.45) is 0. The van der Waals surface area contributed by atoms with Crippen LogP contribution in [0.1, 0.15) is 102 Å². The number of benzene rings is 9. The maximum absolute atomic E-state index is 8.96. The van der Waals surface area contributed by atoms with Gasteiger partial charge in [-0.25, -0.2) is 0 Å². The number of hydrogen-bond donors (Lipinski definition) is 0. The van der Waals surface area contributed by atoms with E-state index in [1.165, 1.54) is 152 Å². The Morgan fingerprint density at radius 1 is 0.253 bits per heavy atom. The summed E-state index contributed by atoms with van der Waals surface area (Å²) in [6.45, 7) is 40.5. The predicted molar refractivity (Wildman–Crippen MR) is 353 cm³/mol. The third kappa shape index (κ3) is 14.6. The quantitative estimate of drug-likeness (QED) is 0.104. The van der Waals surface area contributed by atoms with Crippen LogP contribution in [-0.4, -0.2) is 4.47 Å². The van der Waals surface area contributed by atoms with Gasteiger partial charge in [-0.15, -0.1) is 0 Å². The Balaban J connectivity index is 0.000000212. The Morgan fingerprint density at radius 2 is 0.354 bits per heavy atom. The van der Waals surface area contributed by atoms with Crippen molar-refractivity contribution in [2.24, 2.45) is 0 Å². The summed E-state index contributed by atoms with van der Waals surface area (Å²) in [4.78, 5) is 8.96. The van der Waals surface area contributed by atoms with E-state index in [1.807, 2.05) is 0 Å². The van der Waals surface area contributed by atoms with Gasteiger partial charge in [-0.2, -0.15) is 0 Å². The molecule has 0 saturated carbocycles. The Bertz CT molecular complexity index is 2930. The van der Waals surface area contributed by atoms with Gasteiger partial charge in [-0.05, 0) is 296 Å². The van der Waals surface area contributed by atoms with E-state index in [2.05, 4.69) is 288 Å². The summed E-state index contributed by atoms with van der Waals surface area (Å²) >= 11 is -0.594. The van der Waals surface area contributed by atoms with Crippen molar-refractivity contribution in [1.29, 1.82) is 0 Å². The van der Waals surface area contributed by atoms with Gasteiger partial charge in [0.1, 0.15) is 0 Å². The zero-order valence-electron chi connectivity index (χ0n) is 51.1. The molecule has 0 heterocycles. The normalized spacial score (nSPS) is 10.9. The van der Waals surface area contributed by atoms with Crippen molar-refractivity contribution in [2.45, 2.75) is 125 Å². The number of aryl methyl sites for hydroxylation is 9. The summed E-state index contributed by atoms with van der Waals surface area (Å²) in [5.41, 5.74) is 25.2. The second-order valence-electron chi connectivity index (χ2n) is 21.1. The van der Waals surface area contributed by atoms with Gasteiger partial charge in [-0.3, -0.25) is 0 Å².